The number of fused-ring (bicyclic) bond motifs is 1. The molecule has 0 saturated heterocycles. The first-order valence-electron chi connectivity index (χ1n) is 5.88. The van der Waals surface area contributed by atoms with E-state index >= 15 is 0 Å². The average molecular weight is 272 g/mol. The molecule has 3 rings (SSSR count). The highest BCUT2D eigenvalue weighted by atomic mass is 19.1. The van der Waals surface area contributed by atoms with Gasteiger partial charge >= 0.3 is 0 Å². The second kappa shape index (κ2) is 4.82. The number of hydrogen-bond donors (Lipinski definition) is 0. The fourth-order valence-corrected chi connectivity index (χ4v) is 1.91. The van der Waals surface area contributed by atoms with Crippen molar-refractivity contribution in [1.82, 2.24) is 10.0 Å². The molecule has 1 aliphatic heterocycles. The molecular formula is C14H9FN2O3. The van der Waals surface area contributed by atoms with Gasteiger partial charge in [-0.2, -0.15) is 0 Å². The van der Waals surface area contributed by atoms with Crippen LogP contribution in [0.5, 0.6) is 0 Å². The van der Waals surface area contributed by atoms with Gasteiger partial charge in [0.05, 0.1) is 23.0 Å². The van der Waals surface area contributed by atoms with Gasteiger partial charge in [0.25, 0.3) is 11.8 Å². The number of hydroxylamine groups is 2. The molecule has 0 N–H and O–H groups in total. The summed E-state index contributed by atoms with van der Waals surface area (Å²) in [6.07, 6.45) is 1.04. The van der Waals surface area contributed by atoms with Crippen molar-refractivity contribution >= 4 is 11.8 Å². The fraction of sp³-hybridized carbons (Fsp3) is 0.0714. The van der Waals surface area contributed by atoms with E-state index in [2.05, 4.69) is 4.98 Å². The quantitative estimate of drug-likeness (QED) is 0.801. The minimum Gasteiger partial charge on any atom is -0.266 e. The first-order chi connectivity index (χ1) is 9.66. The molecule has 6 heteroatoms. The van der Waals surface area contributed by atoms with Gasteiger partial charge in [0.2, 0.25) is 0 Å². The van der Waals surface area contributed by atoms with Gasteiger partial charge in [0, 0.05) is 0 Å². The minimum atomic E-state index is -0.507. The van der Waals surface area contributed by atoms with Crippen molar-refractivity contribution in [2.24, 2.45) is 0 Å². The number of carbonyl (C=O) groups excluding carboxylic acids is 2. The van der Waals surface area contributed by atoms with E-state index in [1.165, 1.54) is 12.1 Å². The van der Waals surface area contributed by atoms with Gasteiger partial charge in [-0.1, -0.05) is 12.1 Å². The first-order valence-corrected chi connectivity index (χ1v) is 5.88. The summed E-state index contributed by atoms with van der Waals surface area (Å²) in [5, 5.41) is 0.704. The van der Waals surface area contributed by atoms with Crippen molar-refractivity contribution in [1.29, 1.82) is 0 Å². The van der Waals surface area contributed by atoms with Gasteiger partial charge in [-0.25, -0.2) is 4.39 Å². The Hall–Kier alpha value is -2.60. The van der Waals surface area contributed by atoms with Gasteiger partial charge in [-0.15, -0.1) is 5.06 Å². The Bertz CT molecular complexity index is 650. The Morgan fingerprint density at radius 1 is 1.05 bits per heavy atom. The Kier molecular flexibility index (Phi) is 3.00. The van der Waals surface area contributed by atoms with Gasteiger partial charge in [-0.3, -0.25) is 19.4 Å². The highest BCUT2D eigenvalue weighted by molar-refractivity contribution is 6.20. The van der Waals surface area contributed by atoms with E-state index in [1.807, 2.05) is 0 Å². The number of nitrogens with zero attached hydrogens (tertiary/aromatic N) is 2. The summed E-state index contributed by atoms with van der Waals surface area (Å²) in [6, 6.07) is 9.13. The molecule has 1 aromatic carbocycles. The van der Waals surface area contributed by atoms with Gasteiger partial charge in [-0.05, 0) is 24.3 Å². The monoisotopic (exact) mass is 272 g/mol. The van der Waals surface area contributed by atoms with Crippen LogP contribution < -0.4 is 0 Å². The molecule has 0 fully saturated rings. The number of rotatable bonds is 3. The lowest BCUT2D eigenvalue weighted by Gasteiger charge is -2.12. The number of amides is 2. The largest absolute Gasteiger partial charge is 0.285 e. The number of halogens is 1. The Labute approximate surface area is 113 Å². The minimum absolute atomic E-state index is 0.0915. The summed E-state index contributed by atoms with van der Waals surface area (Å²) >= 11 is 0. The summed E-state index contributed by atoms with van der Waals surface area (Å²) in [5.41, 5.74) is 1.04. The van der Waals surface area contributed by atoms with E-state index < -0.39 is 17.6 Å². The zero-order chi connectivity index (χ0) is 14.1. The summed E-state index contributed by atoms with van der Waals surface area (Å²) < 4.78 is 12.7. The molecule has 1 aliphatic rings. The molecule has 0 bridgehead atoms. The Balaban J connectivity index is 1.75. The van der Waals surface area contributed by atoms with Crippen LogP contribution in [0.4, 0.5) is 4.39 Å². The lowest BCUT2D eigenvalue weighted by atomic mass is 10.1. The fourth-order valence-electron chi connectivity index (χ4n) is 1.91. The highest BCUT2D eigenvalue weighted by Crippen LogP contribution is 2.23. The standard InChI is InChI=1S/C14H9FN2O3/c15-9-5-6-10(16-7-9)8-20-17-13(18)11-3-1-2-4-12(11)14(17)19/h1-7H,8H2. The molecule has 0 atom stereocenters. The molecule has 0 saturated carbocycles. The SMILES string of the molecule is O=C1c2ccccc2C(=O)N1OCc1ccc(F)cn1. The van der Waals surface area contributed by atoms with Crippen LogP contribution in [0.1, 0.15) is 26.4 Å². The van der Waals surface area contributed by atoms with Crippen LogP contribution in [0.3, 0.4) is 0 Å². The molecule has 0 radical (unpaired) electrons. The molecule has 5 nitrogen and oxygen atoms in total. The number of hydrogen-bond acceptors (Lipinski definition) is 4. The van der Waals surface area contributed by atoms with Crippen molar-refractivity contribution in [2.45, 2.75) is 6.61 Å². The van der Waals surface area contributed by atoms with E-state index in [-0.39, 0.29) is 6.61 Å². The average Bonchev–Trinajstić information content (AvgIpc) is 2.71. The molecule has 2 heterocycles. The van der Waals surface area contributed by atoms with E-state index in [0.29, 0.717) is 21.9 Å². The van der Waals surface area contributed by atoms with E-state index in [1.54, 1.807) is 24.3 Å². The summed E-state index contributed by atoms with van der Waals surface area (Å²) in [4.78, 5) is 32.9. The van der Waals surface area contributed by atoms with Crippen molar-refractivity contribution in [3.8, 4) is 0 Å². The van der Waals surface area contributed by atoms with E-state index in [4.69, 9.17) is 4.84 Å². The highest BCUT2D eigenvalue weighted by Gasteiger charge is 2.36. The van der Waals surface area contributed by atoms with Gasteiger partial charge in [0.15, 0.2) is 0 Å². The Morgan fingerprint density at radius 3 is 2.25 bits per heavy atom. The molecule has 0 aliphatic carbocycles. The summed E-state index contributed by atoms with van der Waals surface area (Å²) in [7, 11) is 0. The van der Waals surface area contributed by atoms with Crippen LogP contribution in [0.2, 0.25) is 0 Å². The normalized spacial score (nSPS) is 13.8. The molecule has 1 aromatic heterocycles. The summed E-state index contributed by atoms with van der Waals surface area (Å²) in [6.45, 7) is -0.0915. The number of benzene rings is 1. The van der Waals surface area contributed by atoms with Crippen LogP contribution in [0.25, 0.3) is 0 Å². The zero-order valence-corrected chi connectivity index (χ0v) is 10.2. The van der Waals surface area contributed by atoms with E-state index in [0.717, 1.165) is 6.20 Å². The van der Waals surface area contributed by atoms with Crippen LogP contribution >= 0.6 is 0 Å². The van der Waals surface area contributed by atoms with Crippen molar-refractivity contribution in [2.75, 3.05) is 0 Å². The smallest absolute Gasteiger partial charge is 0.266 e. The molecule has 20 heavy (non-hydrogen) atoms. The Morgan fingerprint density at radius 2 is 1.70 bits per heavy atom. The van der Waals surface area contributed by atoms with Crippen LogP contribution in [0, 0.1) is 5.82 Å². The maximum atomic E-state index is 12.7. The zero-order valence-electron chi connectivity index (χ0n) is 10.2. The predicted molar refractivity (Wildman–Crippen MR) is 65.9 cm³/mol. The van der Waals surface area contributed by atoms with Crippen LogP contribution in [0.15, 0.2) is 42.6 Å². The number of aromatic nitrogens is 1. The third-order valence-electron chi connectivity index (χ3n) is 2.89. The second-order valence-electron chi connectivity index (χ2n) is 4.19. The van der Waals surface area contributed by atoms with Crippen molar-refractivity contribution in [3.63, 3.8) is 0 Å². The van der Waals surface area contributed by atoms with Crippen molar-refractivity contribution < 1.29 is 18.8 Å². The van der Waals surface area contributed by atoms with Crippen LogP contribution in [-0.2, 0) is 11.4 Å². The lowest BCUT2D eigenvalue weighted by molar-refractivity contribution is -0.102. The number of imide groups is 1. The maximum absolute atomic E-state index is 12.7. The molecule has 0 spiro atoms. The van der Waals surface area contributed by atoms with Crippen LogP contribution in [-0.4, -0.2) is 21.9 Å². The third-order valence-corrected chi connectivity index (χ3v) is 2.89. The first kappa shape index (κ1) is 12.4. The molecule has 0 unspecified atom stereocenters. The number of carbonyl (C=O) groups is 2. The summed E-state index contributed by atoms with van der Waals surface area (Å²) in [5.74, 6) is -1.48. The lowest BCUT2D eigenvalue weighted by Crippen LogP contribution is -2.29. The van der Waals surface area contributed by atoms with Crippen molar-refractivity contribution in [3.05, 3.63) is 65.2 Å². The second-order valence-corrected chi connectivity index (χ2v) is 4.19. The van der Waals surface area contributed by atoms with Gasteiger partial charge in [0.1, 0.15) is 12.4 Å². The third kappa shape index (κ3) is 2.06. The van der Waals surface area contributed by atoms with E-state index in [9.17, 15) is 14.0 Å². The molecule has 2 aromatic rings. The topological polar surface area (TPSA) is 59.5 Å². The molecular weight excluding hydrogens is 263 g/mol. The predicted octanol–water partition coefficient (Wildman–Crippen LogP) is 1.95. The molecule has 100 valence electrons. The van der Waals surface area contributed by atoms with Gasteiger partial charge < -0.3 is 0 Å². The number of pyridine rings is 1. The maximum Gasteiger partial charge on any atom is 0.285 e. The molecule has 2 amide bonds.